The van der Waals surface area contributed by atoms with Gasteiger partial charge in [-0.05, 0) is 53.8 Å². The first-order valence-electron chi connectivity index (χ1n) is 7.62. The summed E-state index contributed by atoms with van der Waals surface area (Å²) >= 11 is 12.2. The second-order valence-corrected chi connectivity index (χ2v) is 6.65. The van der Waals surface area contributed by atoms with Gasteiger partial charge in [0.15, 0.2) is 11.5 Å². The van der Waals surface area contributed by atoms with Crippen LogP contribution in [0.5, 0.6) is 11.5 Å². The van der Waals surface area contributed by atoms with E-state index in [1.165, 1.54) is 5.56 Å². The number of ether oxygens (including phenoxy) is 1. The summed E-state index contributed by atoms with van der Waals surface area (Å²) in [5.74, 6) is 0.749. The molecule has 0 unspecified atom stereocenters. The third-order valence-electron chi connectivity index (χ3n) is 4.30. The van der Waals surface area contributed by atoms with Crippen molar-refractivity contribution >= 4 is 23.2 Å². The number of phenolic OH excluding ortho intramolecular Hbond substituents is 1. The Bertz CT molecular complexity index is 718. The van der Waals surface area contributed by atoms with Crippen LogP contribution in [0.3, 0.4) is 0 Å². The second kappa shape index (κ2) is 7.00. The van der Waals surface area contributed by atoms with Gasteiger partial charge in [-0.25, -0.2) is 0 Å². The molecule has 0 aliphatic carbocycles. The highest BCUT2D eigenvalue weighted by molar-refractivity contribution is 6.35. The molecule has 0 aromatic heterocycles. The number of nitrogens with zero attached hydrogens (tertiary/aromatic N) is 1. The molecule has 0 saturated heterocycles. The minimum atomic E-state index is 0.203. The van der Waals surface area contributed by atoms with Crippen molar-refractivity contribution in [3.05, 3.63) is 57.1 Å². The van der Waals surface area contributed by atoms with Gasteiger partial charge in [0, 0.05) is 29.7 Å². The van der Waals surface area contributed by atoms with E-state index < -0.39 is 0 Å². The number of hydrogen-bond donors (Lipinski definition) is 1. The number of benzene rings is 2. The summed E-state index contributed by atoms with van der Waals surface area (Å²) < 4.78 is 5.18. The van der Waals surface area contributed by atoms with Gasteiger partial charge in [0.25, 0.3) is 0 Å². The van der Waals surface area contributed by atoms with Gasteiger partial charge in [0.2, 0.25) is 0 Å². The molecule has 0 radical (unpaired) electrons. The Labute approximate surface area is 146 Å². The zero-order valence-electron chi connectivity index (χ0n) is 13.0. The summed E-state index contributed by atoms with van der Waals surface area (Å²) in [5, 5.41) is 11.3. The Balaban J connectivity index is 1.66. The molecule has 0 fully saturated rings. The number of methoxy groups -OCH3 is 1. The van der Waals surface area contributed by atoms with E-state index >= 15 is 0 Å². The van der Waals surface area contributed by atoms with Gasteiger partial charge in [-0.2, -0.15) is 0 Å². The molecular formula is C18H19Cl2NO2. The van der Waals surface area contributed by atoms with Crippen LogP contribution in [0, 0.1) is 0 Å². The van der Waals surface area contributed by atoms with Gasteiger partial charge >= 0.3 is 0 Å². The van der Waals surface area contributed by atoms with Crippen LogP contribution in [0.1, 0.15) is 16.7 Å². The lowest BCUT2D eigenvalue weighted by Crippen LogP contribution is -2.32. The summed E-state index contributed by atoms with van der Waals surface area (Å²) in [6.07, 6.45) is 1.84. The highest BCUT2D eigenvalue weighted by atomic mass is 35.5. The topological polar surface area (TPSA) is 32.7 Å². The van der Waals surface area contributed by atoms with Crippen LogP contribution in [0.15, 0.2) is 30.3 Å². The maximum absolute atomic E-state index is 9.95. The normalized spacial score (nSPS) is 14.6. The minimum Gasteiger partial charge on any atom is -0.504 e. The van der Waals surface area contributed by atoms with Crippen LogP contribution < -0.4 is 4.74 Å². The Hall–Kier alpha value is -1.42. The van der Waals surface area contributed by atoms with Gasteiger partial charge < -0.3 is 9.84 Å². The molecule has 3 nitrogen and oxygen atoms in total. The molecule has 0 spiro atoms. The van der Waals surface area contributed by atoms with Crippen LogP contribution in [0.25, 0.3) is 0 Å². The van der Waals surface area contributed by atoms with Crippen LogP contribution in [-0.2, 0) is 19.4 Å². The van der Waals surface area contributed by atoms with Crippen LogP contribution in [0.2, 0.25) is 10.0 Å². The minimum absolute atomic E-state index is 0.203. The lowest BCUT2D eigenvalue weighted by atomic mass is 9.98. The largest absolute Gasteiger partial charge is 0.504 e. The molecule has 0 atom stereocenters. The van der Waals surface area contributed by atoms with E-state index in [-0.39, 0.29) is 5.75 Å². The van der Waals surface area contributed by atoms with E-state index in [4.69, 9.17) is 27.9 Å². The van der Waals surface area contributed by atoms with Crippen molar-refractivity contribution in [1.82, 2.24) is 4.90 Å². The summed E-state index contributed by atoms with van der Waals surface area (Å²) in [7, 11) is 1.58. The molecule has 5 heteroatoms. The van der Waals surface area contributed by atoms with Gasteiger partial charge in [-0.15, -0.1) is 0 Å². The Kier molecular flexibility index (Phi) is 5.00. The number of hydrogen-bond acceptors (Lipinski definition) is 3. The first-order valence-corrected chi connectivity index (χ1v) is 8.37. The third-order valence-corrected chi connectivity index (χ3v) is 4.89. The summed E-state index contributed by atoms with van der Waals surface area (Å²) in [6, 6.07) is 9.40. The Morgan fingerprint density at radius 3 is 2.74 bits per heavy atom. The summed E-state index contributed by atoms with van der Waals surface area (Å²) in [6.45, 7) is 2.75. The second-order valence-electron chi connectivity index (χ2n) is 5.80. The predicted molar refractivity (Wildman–Crippen MR) is 93.8 cm³/mol. The zero-order chi connectivity index (χ0) is 16.4. The molecule has 2 aromatic carbocycles. The smallest absolute Gasteiger partial charge is 0.160 e. The van der Waals surface area contributed by atoms with E-state index in [1.807, 2.05) is 24.3 Å². The van der Waals surface area contributed by atoms with E-state index in [0.717, 1.165) is 48.6 Å². The van der Waals surface area contributed by atoms with Gasteiger partial charge in [-0.1, -0.05) is 29.3 Å². The van der Waals surface area contributed by atoms with Gasteiger partial charge in [-0.3, -0.25) is 4.90 Å². The average molecular weight is 352 g/mol. The highest BCUT2D eigenvalue weighted by Crippen LogP contribution is 2.32. The molecule has 3 rings (SSSR count). The zero-order valence-corrected chi connectivity index (χ0v) is 14.5. The van der Waals surface area contributed by atoms with E-state index in [1.54, 1.807) is 13.2 Å². The third kappa shape index (κ3) is 3.74. The molecule has 0 saturated carbocycles. The molecule has 1 N–H and O–H groups in total. The molecule has 23 heavy (non-hydrogen) atoms. The van der Waals surface area contributed by atoms with Crippen molar-refractivity contribution in [2.75, 3.05) is 20.2 Å². The maximum Gasteiger partial charge on any atom is 0.160 e. The molecule has 0 bridgehead atoms. The van der Waals surface area contributed by atoms with E-state index in [2.05, 4.69) is 4.90 Å². The summed E-state index contributed by atoms with van der Waals surface area (Å²) in [4.78, 5) is 2.37. The van der Waals surface area contributed by atoms with E-state index in [9.17, 15) is 5.11 Å². The van der Waals surface area contributed by atoms with Crippen LogP contribution >= 0.6 is 23.2 Å². The van der Waals surface area contributed by atoms with Crippen molar-refractivity contribution < 1.29 is 9.84 Å². The maximum atomic E-state index is 9.95. The van der Waals surface area contributed by atoms with Crippen molar-refractivity contribution in [3.8, 4) is 11.5 Å². The SMILES string of the molecule is COc1cc2c(cc1O)CN(CCc1ccc(Cl)cc1Cl)CC2. The van der Waals surface area contributed by atoms with Crippen molar-refractivity contribution in [2.24, 2.45) is 0 Å². The highest BCUT2D eigenvalue weighted by Gasteiger charge is 2.19. The molecule has 1 aliphatic heterocycles. The van der Waals surface area contributed by atoms with Gasteiger partial charge in [0.05, 0.1) is 7.11 Å². The number of fused-ring (bicyclic) bond motifs is 1. The molecule has 2 aromatic rings. The molecular weight excluding hydrogens is 333 g/mol. The van der Waals surface area contributed by atoms with Crippen molar-refractivity contribution in [1.29, 1.82) is 0 Å². The monoisotopic (exact) mass is 351 g/mol. The molecule has 1 aliphatic rings. The summed E-state index contributed by atoms with van der Waals surface area (Å²) in [5.41, 5.74) is 3.52. The Morgan fingerprint density at radius 2 is 2.00 bits per heavy atom. The molecule has 0 amide bonds. The Morgan fingerprint density at radius 1 is 1.17 bits per heavy atom. The average Bonchev–Trinajstić information content (AvgIpc) is 2.53. The van der Waals surface area contributed by atoms with E-state index in [0.29, 0.717) is 10.8 Å². The standard InChI is InChI=1S/C18H19Cl2NO2/c1-23-18-9-13-5-7-21(11-14(13)8-17(18)22)6-4-12-2-3-15(19)10-16(12)20/h2-3,8-10,22H,4-7,11H2,1H3. The fraction of sp³-hybridized carbons (Fsp3) is 0.333. The number of phenols is 1. The first-order chi connectivity index (χ1) is 11.1. The first kappa shape index (κ1) is 16.4. The molecule has 1 heterocycles. The lowest BCUT2D eigenvalue weighted by molar-refractivity contribution is 0.256. The van der Waals surface area contributed by atoms with Gasteiger partial charge in [0.1, 0.15) is 0 Å². The quantitative estimate of drug-likeness (QED) is 0.890. The number of rotatable bonds is 4. The van der Waals surface area contributed by atoms with Crippen molar-refractivity contribution in [2.45, 2.75) is 19.4 Å². The van der Waals surface area contributed by atoms with Crippen LogP contribution in [0.4, 0.5) is 0 Å². The fourth-order valence-electron chi connectivity index (χ4n) is 2.99. The lowest BCUT2D eigenvalue weighted by Gasteiger charge is -2.29. The fourth-order valence-corrected chi connectivity index (χ4v) is 3.49. The van der Waals surface area contributed by atoms with Crippen molar-refractivity contribution in [3.63, 3.8) is 0 Å². The predicted octanol–water partition coefficient (Wildman–Crippen LogP) is 4.31. The molecule has 122 valence electrons. The van der Waals surface area contributed by atoms with Crippen LogP contribution in [-0.4, -0.2) is 30.2 Å². The number of aromatic hydroxyl groups is 1. The number of halogens is 2.